The molecule has 5 nitrogen and oxygen atoms in total. The van der Waals surface area contributed by atoms with E-state index in [0.29, 0.717) is 26.0 Å². The van der Waals surface area contributed by atoms with Gasteiger partial charge in [-0.3, -0.25) is 10.1 Å². The minimum Gasteiger partial charge on any atom is -0.455 e. The Balaban J connectivity index is 2.43. The van der Waals surface area contributed by atoms with Crippen LogP contribution in [0.1, 0.15) is 11.1 Å². The number of hydrogen-bond donors (Lipinski definition) is 1. The summed E-state index contributed by atoms with van der Waals surface area (Å²) in [6, 6.07) is 8.17. The number of hydrogen-bond acceptors (Lipinski definition) is 4. The molecule has 2 aromatic rings. The molecule has 0 atom stereocenters. The summed E-state index contributed by atoms with van der Waals surface area (Å²) < 4.78 is 6.68. The third-order valence-corrected chi connectivity index (χ3v) is 3.97. The van der Waals surface area contributed by atoms with Crippen LogP contribution in [0.3, 0.4) is 0 Å². The number of aliphatic hydroxyl groups is 1. The molecular weight excluding hydrogens is 406 g/mol. The molecule has 0 unspecified atom stereocenters. The van der Waals surface area contributed by atoms with Gasteiger partial charge in [0.25, 0.3) is 5.69 Å². The van der Waals surface area contributed by atoms with E-state index in [9.17, 15) is 15.2 Å². The third kappa shape index (κ3) is 3.61. The maximum absolute atomic E-state index is 10.8. The lowest BCUT2D eigenvalue weighted by atomic mass is 10.1. The van der Waals surface area contributed by atoms with Crippen molar-refractivity contribution in [2.45, 2.75) is 13.5 Å². The minimum atomic E-state index is -0.482. The fraction of sp³-hybridized carbons (Fsp3) is 0.143. The molecule has 0 bridgehead atoms. The number of halogens is 2. The average Bonchev–Trinajstić information content (AvgIpc) is 2.43. The van der Waals surface area contributed by atoms with Gasteiger partial charge in [-0.15, -0.1) is 0 Å². The molecule has 0 amide bonds. The van der Waals surface area contributed by atoms with Crippen molar-refractivity contribution >= 4 is 37.5 Å². The molecule has 1 N–H and O–H groups in total. The first kappa shape index (κ1) is 15.9. The zero-order valence-corrected chi connectivity index (χ0v) is 14.1. The standard InChI is InChI=1S/C14H11Br2NO4/c1-8-2-3-13(9(4-8)7-18)21-14-11(15)5-10(17(19)20)6-12(14)16/h2-6,18H,7H2,1H3. The number of aryl methyl sites for hydroxylation is 1. The Bertz CT molecular complexity index is 680. The lowest BCUT2D eigenvalue weighted by Gasteiger charge is -2.13. The first-order chi connectivity index (χ1) is 9.92. The lowest BCUT2D eigenvalue weighted by molar-refractivity contribution is -0.385. The molecule has 110 valence electrons. The number of nitrogens with zero attached hydrogens (tertiary/aromatic N) is 1. The van der Waals surface area contributed by atoms with Crippen molar-refractivity contribution in [2.75, 3.05) is 0 Å². The van der Waals surface area contributed by atoms with Crippen molar-refractivity contribution in [1.29, 1.82) is 0 Å². The van der Waals surface area contributed by atoms with E-state index >= 15 is 0 Å². The van der Waals surface area contributed by atoms with Crippen LogP contribution < -0.4 is 4.74 Å². The predicted molar refractivity (Wildman–Crippen MR) is 85.7 cm³/mol. The number of aliphatic hydroxyl groups excluding tert-OH is 1. The van der Waals surface area contributed by atoms with Gasteiger partial charge in [-0.25, -0.2) is 0 Å². The smallest absolute Gasteiger partial charge is 0.271 e. The molecule has 0 saturated carbocycles. The number of ether oxygens (including phenoxy) is 1. The summed E-state index contributed by atoms with van der Waals surface area (Å²) in [4.78, 5) is 10.3. The Morgan fingerprint density at radius 3 is 2.38 bits per heavy atom. The van der Waals surface area contributed by atoms with Crippen LogP contribution in [-0.4, -0.2) is 10.0 Å². The van der Waals surface area contributed by atoms with Crippen molar-refractivity contribution in [3.63, 3.8) is 0 Å². The molecule has 21 heavy (non-hydrogen) atoms. The number of benzene rings is 2. The van der Waals surface area contributed by atoms with Crippen LogP contribution in [-0.2, 0) is 6.61 Å². The van der Waals surface area contributed by atoms with Gasteiger partial charge in [-0.2, -0.15) is 0 Å². The van der Waals surface area contributed by atoms with Crippen molar-refractivity contribution in [3.05, 3.63) is 60.5 Å². The number of non-ortho nitro benzene ring substituents is 1. The van der Waals surface area contributed by atoms with Crippen molar-refractivity contribution in [1.82, 2.24) is 0 Å². The van der Waals surface area contributed by atoms with Crippen LogP contribution in [0.15, 0.2) is 39.3 Å². The highest BCUT2D eigenvalue weighted by Crippen LogP contribution is 2.40. The Hall–Kier alpha value is -1.44. The van der Waals surface area contributed by atoms with Gasteiger partial charge in [0.15, 0.2) is 5.75 Å². The maximum atomic E-state index is 10.8. The summed E-state index contributed by atoms with van der Waals surface area (Å²) in [6.45, 7) is 1.76. The monoisotopic (exact) mass is 415 g/mol. The van der Waals surface area contributed by atoms with E-state index in [2.05, 4.69) is 31.9 Å². The van der Waals surface area contributed by atoms with E-state index < -0.39 is 4.92 Å². The molecule has 0 aromatic heterocycles. The molecule has 0 aliphatic rings. The summed E-state index contributed by atoms with van der Waals surface area (Å²) >= 11 is 6.53. The van der Waals surface area contributed by atoms with Crippen LogP contribution >= 0.6 is 31.9 Å². The zero-order chi connectivity index (χ0) is 15.6. The molecular formula is C14H11Br2NO4. The molecule has 0 saturated heterocycles. The first-order valence-corrected chi connectivity index (χ1v) is 7.52. The highest BCUT2D eigenvalue weighted by Gasteiger charge is 2.16. The van der Waals surface area contributed by atoms with Crippen LogP contribution in [0.25, 0.3) is 0 Å². The number of nitro benzene ring substituents is 1. The summed E-state index contributed by atoms with van der Waals surface area (Å²) in [5.74, 6) is 0.914. The van der Waals surface area contributed by atoms with Crippen LogP contribution in [0.4, 0.5) is 5.69 Å². The molecule has 2 aromatic carbocycles. The average molecular weight is 417 g/mol. The van der Waals surface area contributed by atoms with Gasteiger partial charge >= 0.3 is 0 Å². The molecule has 7 heteroatoms. The van der Waals surface area contributed by atoms with E-state index in [1.54, 1.807) is 6.07 Å². The maximum Gasteiger partial charge on any atom is 0.271 e. The van der Waals surface area contributed by atoms with Gasteiger partial charge in [0.1, 0.15) is 5.75 Å². The van der Waals surface area contributed by atoms with E-state index in [4.69, 9.17) is 4.74 Å². The molecule has 0 aliphatic heterocycles. The second kappa shape index (κ2) is 6.55. The van der Waals surface area contributed by atoms with Gasteiger partial charge in [-0.1, -0.05) is 17.7 Å². The largest absolute Gasteiger partial charge is 0.455 e. The van der Waals surface area contributed by atoms with Gasteiger partial charge in [0.05, 0.1) is 20.5 Å². The Morgan fingerprint density at radius 2 is 1.86 bits per heavy atom. The highest BCUT2D eigenvalue weighted by molar-refractivity contribution is 9.11. The van der Waals surface area contributed by atoms with E-state index in [0.717, 1.165) is 5.56 Å². The Kier molecular flexibility index (Phi) is 4.97. The predicted octanol–water partition coefficient (Wildman–Crippen LogP) is 4.71. The fourth-order valence-electron chi connectivity index (χ4n) is 1.79. The lowest BCUT2D eigenvalue weighted by Crippen LogP contribution is -1.95. The Labute approximate surface area is 138 Å². The van der Waals surface area contributed by atoms with Gasteiger partial charge in [0, 0.05) is 17.7 Å². The van der Waals surface area contributed by atoms with Crippen molar-refractivity contribution < 1.29 is 14.8 Å². The van der Waals surface area contributed by atoms with E-state index in [1.165, 1.54) is 12.1 Å². The third-order valence-electron chi connectivity index (χ3n) is 2.79. The molecule has 2 rings (SSSR count). The fourth-order valence-corrected chi connectivity index (χ4v) is 3.11. The van der Waals surface area contributed by atoms with Crippen LogP contribution in [0.2, 0.25) is 0 Å². The van der Waals surface area contributed by atoms with Crippen LogP contribution in [0.5, 0.6) is 11.5 Å². The summed E-state index contributed by atoms with van der Waals surface area (Å²) in [7, 11) is 0. The number of nitro groups is 1. The van der Waals surface area contributed by atoms with E-state index in [-0.39, 0.29) is 12.3 Å². The van der Waals surface area contributed by atoms with E-state index in [1.807, 2.05) is 19.1 Å². The van der Waals surface area contributed by atoms with Gasteiger partial charge < -0.3 is 9.84 Å². The molecule has 0 spiro atoms. The summed E-state index contributed by atoms with van der Waals surface area (Å²) in [5.41, 5.74) is 1.60. The Morgan fingerprint density at radius 1 is 1.24 bits per heavy atom. The minimum absolute atomic E-state index is 0.0487. The topological polar surface area (TPSA) is 72.6 Å². The molecule has 0 heterocycles. The molecule has 0 aliphatic carbocycles. The van der Waals surface area contributed by atoms with Crippen LogP contribution in [0, 0.1) is 17.0 Å². The molecule has 0 fully saturated rings. The molecule has 0 radical (unpaired) electrons. The van der Waals surface area contributed by atoms with Gasteiger partial charge in [0.2, 0.25) is 0 Å². The quantitative estimate of drug-likeness (QED) is 0.578. The van der Waals surface area contributed by atoms with Crippen molar-refractivity contribution in [3.8, 4) is 11.5 Å². The summed E-state index contributed by atoms with van der Waals surface area (Å²) in [5, 5.41) is 20.2. The SMILES string of the molecule is Cc1ccc(Oc2c(Br)cc([N+](=O)[O-])cc2Br)c(CO)c1. The second-order valence-corrected chi connectivity index (χ2v) is 6.08. The normalized spacial score (nSPS) is 10.5. The first-order valence-electron chi connectivity index (χ1n) is 5.94. The van der Waals surface area contributed by atoms with Gasteiger partial charge in [-0.05, 0) is 44.8 Å². The second-order valence-electron chi connectivity index (χ2n) is 4.37. The highest BCUT2D eigenvalue weighted by atomic mass is 79.9. The zero-order valence-electron chi connectivity index (χ0n) is 11.0. The van der Waals surface area contributed by atoms with Crippen molar-refractivity contribution in [2.24, 2.45) is 0 Å². The number of rotatable bonds is 4. The summed E-state index contributed by atoms with van der Waals surface area (Å²) in [6.07, 6.45) is 0.